The van der Waals surface area contributed by atoms with E-state index >= 15 is 0 Å². The molecule has 0 radical (unpaired) electrons. The Morgan fingerprint density at radius 3 is 2.71 bits per heavy atom. The predicted molar refractivity (Wildman–Crippen MR) is 109 cm³/mol. The lowest BCUT2D eigenvalue weighted by atomic mass is 10.2. The smallest absolute Gasteiger partial charge is 0.255 e. The Kier molecular flexibility index (Phi) is 6.48. The zero-order valence-electron chi connectivity index (χ0n) is 15.2. The van der Waals surface area contributed by atoms with Gasteiger partial charge in [-0.15, -0.1) is 0 Å². The first-order valence-electron chi connectivity index (χ1n) is 8.29. The molecule has 0 saturated heterocycles. The molecule has 0 saturated carbocycles. The van der Waals surface area contributed by atoms with Crippen LogP contribution in [-0.2, 0) is 4.79 Å². The molecular formula is C19H17BrN4O3S. The molecule has 0 bridgehead atoms. The van der Waals surface area contributed by atoms with Crippen molar-refractivity contribution >= 4 is 45.3 Å². The van der Waals surface area contributed by atoms with E-state index in [0.29, 0.717) is 17.1 Å². The third-order valence-corrected chi connectivity index (χ3v) is 5.15. The Hall–Kier alpha value is -2.65. The lowest BCUT2D eigenvalue weighted by Gasteiger charge is -2.18. The number of hydrogen-bond donors (Lipinski definition) is 1. The van der Waals surface area contributed by atoms with Crippen molar-refractivity contribution in [3.05, 3.63) is 64.5 Å². The van der Waals surface area contributed by atoms with Gasteiger partial charge in [0.15, 0.2) is 5.82 Å². The van der Waals surface area contributed by atoms with Crippen molar-refractivity contribution in [2.24, 2.45) is 0 Å². The van der Waals surface area contributed by atoms with E-state index in [9.17, 15) is 9.59 Å². The zero-order chi connectivity index (χ0) is 20.1. The van der Waals surface area contributed by atoms with Gasteiger partial charge in [0, 0.05) is 28.7 Å². The van der Waals surface area contributed by atoms with Gasteiger partial charge in [-0.05, 0) is 47.1 Å². The van der Waals surface area contributed by atoms with E-state index in [1.165, 1.54) is 16.7 Å². The maximum Gasteiger partial charge on any atom is 0.255 e. The van der Waals surface area contributed by atoms with Crippen LogP contribution in [0.1, 0.15) is 16.1 Å². The van der Waals surface area contributed by atoms with Crippen molar-refractivity contribution in [2.75, 3.05) is 18.9 Å². The van der Waals surface area contributed by atoms with Crippen LogP contribution in [0.15, 0.2) is 67.6 Å². The van der Waals surface area contributed by atoms with Crippen molar-refractivity contribution in [1.29, 1.82) is 0 Å². The molecule has 7 nitrogen and oxygen atoms in total. The number of rotatable bonds is 6. The van der Waals surface area contributed by atoms with E-state index < -0.39 is 0 Å². The number of aromatic nitrogens is 2. The second-order valence-corrected chi connectivity index (χ2v) is 7.92. The molecule has 0 fully saturated rings. The van der Waals surface area contributed by atoms with Gasteiger partial charge in [-0.2, -0.15) is 0 Å². The normalized spacial score (nSPS) is 10.5. The highest BCUT2D eigenvalue weighted by atomic mass is 79.9. The number of benzene rings is 1. The largest absolute Gasteiger partial charge is 0.360 e. The molecule has 28 heavy (non-hydrogen) atoms. The van der Waals surface area contributed by atoms with E-state index in [0.717, 1.165) is 14.4 Å². The molecule has 0 spiro atoms. The average molecular weight is 461 g/mol. The van der Waals surface area contributed by atoms with Crippen LogP contribution in [0.5, 0.6) is 0 Å². The fourth-order valence-electron chi connectivity index (χ4n) is 2.37. The molecule has 2 amide bonds. The second kappa shape index (κ2) is 9.03. The molecule has 1 N–H and O–H groups in total. The van der Waals surface area contributed by atoms with Crippen LogP contribution in [0.3, 0.4) is 0 Å². The Labute approximate surface area is 174 Å². The number of likely N-dealkylation sites (N-methyl/N-ethyl adjacent to an activating group) is 1. The molecule has 0 atom stereocenters. The highest BCUT2D eigenvalue weighted by molar-refractivity contribution is 9.10. The van der Waals surface area contributed by atoms with Crippen LogP contribution in [0.25, 0.3) is 0 Å². The van der Waals surface area contributed by atoms with E-state index in [1.807, 2.05) is 24.3 Å². The fourth-order valence-corrected chi connectivity index (χ4v) is 3.48. The third kappa shape index (κ3) is 5.20. The molecule has 0 aliphatic heterocycles. The number of nitrogens with one attached hydrogen (secondary N) is 1. The summed E-state index contributed by atoms with van der Waals surface area (Å²) in [6.45, 7) is 1.62. The first kappa shape index (κ1) is 20.1. The molecule has 3 aromatic rings. The number of pyridine rings is 1. The number of nitrogens with zero attached hydrogens (tertiary/aromatic N) is 3. The zero-order valence-corrected chi connectivity index (χ0v) is 17.6. The van der Waals surface area contributed by atoms with Gasteiger partial charge in [-0.1, -0.05) is 29.1 Å². The van der Waals surface area contributed by atoms with E-state index in [4.69, 9.17) is 4.52 Å². The molecular weight excluding hydrogens is 444 g/mol. The number of amides is 2. The molecule has 1 aromatic carbocycles. The summed E-state index contributed by atoms with van der Waals surface area (Å²) in [6, 6.07) is 12.6. The van der Waals surface area contributed by atoms with Crippen molar-refractivity contribution in [3.8, 4) is 0 Å². The number of aryl methyl sites for hydroxylation is 1. The van der Waals surface area contributed by atoms with E-state index in [-0.39, 0.29) is 18.4 Å². The monoisotopic (exact) mass is 460 g/mol. The first-order valence-corrected chi connectivity index (χ1v) is 9.90. The molecule has 3 rings (SSSR count). The topological polar surface area (TPSA) is 88.3 Å². The Morgan fingerprint density at radius 1 is 1.25 bits per heavy atom. The lowest BCUT2D eigenvalue weighted by Crippen LogP contribution is -2.35. The van der Waals surface area contributed by atoms with Crippen molar-refractivity contribution in [2.45, 2.75) is 16.8 Å². The van der Waals surface area contributed by atoms with Crippen LogP contribution in [-0.4, -0.2) is 40.4 Å². The molecule has 2 heterocycles. The summed E-state index contributed by atoms with van der Waals surface area (Å²) in [4.78, 5) is 31.5. The Balaban J connectivity index is 1.69. The van der Waals surface area contributed by atoms with Gasteiger partial charge in [-0.25, -0.2) is 4.98 Å². The summed E-state index contributed by atoms with van der Waals surface area (Å²) < 4.78 is 5.79. The van der Waals surface area contributed by atoms with E-state index in [1.54, 1.807) is 38.4 Å². The molecule has 0 unspecified atom stereocenters. The lowest BCUT2D eigenvalue weighted by molar-refractivity contribution is -0.116. The predicted octanol–water partition coefficient (Wildman–Crippen LogP) is 4.00. The molecule has 2 aromatic heterocycles. The maximum absolute atomic E-state index is 12.9. The van der Waals surface area contributed by atoms with Gasteiger partial charge >= 0.3 is 0 Å². The Bertz CT molecular complexity index is 991. The molecule has 144 valence electrons. The van der Waals surface area contributed by atoms with Crippen molar-refractivity contribution in [1.82, 2.24) is 15.0 Å². The molecule has 9 heteroatoms. The molecule has 0 aliphatic rings. The van der Waals surface area contributed by atoms with Gasteiger partial charge in [0.25, 0.3) is 5.91 Å². The second-order valence-electron chi connectivity index (χ2n) is 5.95. The summed E-state index contributed by atoms with van der Waals surface area (Å²) in [7, 11) is 1.58. The summed E-state index contributed by atoms with van der Waals surface area (Å²) in [5.74, 6) is 0.295. The number of carbonyl (C=O) groups is 2. The summed E-state index contributed by atoms with van der Waals surface area (Å²) in [5.41, 5.74) is 0.504. The van der Waals surface area contributed by atoms with Crippen LogP contribution < -0.4 is 5.32 Å². The highest BCUT2D eigenvalue weighted by Gasteiger charge is 2.19. The minimum absolute atomic E-state index is 0.111. The molecule has 0 aliphatic carbocycles. The fraction of sp³-hybridized carbons (Fsp3) is 0.158. The summed E-state index contributed by atoms with van der Waals surface area (Å²) in [5, 5.41) is 7.08. The highest BCUT2D eigenvalue weighted by Crippen LogP contribution is 2.30. The number of carbonyl (C=O) groups excluding carboxylic acids is 2. The van der Waals surface area contributed by atoms with Gasteiger partial charge in [0.2, 0.25) is 5.91 Å². The van der Waals surface area contributed by atoms with Gasteiger partial charge in [0.1, 0.15) is 10.8 Å². The minimum Gasteiger partial charge on any atom is -0.360 e. The number of anilines is 1. The van der Waals surface area contributed by atoms with Crippen LogP contribution in [0.4, 0.5) is 5.82 Å². The van der Waals surface area contributed by atoms with Crippen molar-refractivity contribution in [3.63, 3.8) is 0 Å². The van der Waals surface area contributed by atoms with Crippen LogP contribution in [0.2, 0.25) is 0 Å². The van der Waals surface area contributed by atoms with Gasteiger partial charge in [-0.3, -0.25) is 9.59 Å². The SMILES string of the molecule is Cc1cc(NC(=O)CN(C)C(=O)c2ccccc2Sc2ccc(Br)cn2)no1. The maximum atomic E-state index is 12.9. The van der Waals surface area contributed by atoms with Gasteiger partial charge in [0.05, 0.1) is 12.1 Å². The third-order valence-electron chi connectivity index (χ3n) is 3.66. The summed E-state index contributed by atoms with van der Waals surface area (Å²) in [6.07, 6.45) is 1.70. The van der Waals surface area contributed by atoms with E-state index in [2.05, 4.69) is 31.4 Å². The van der Waals surface area contributed by atoms with Gasteiger partial charge < -0.3 is 14.7 Å². The van der Waals surface area contributed by atoms with Crippen molar-refractivity contribution < 1.29 is 14.1 Å². The Morgan fingerprint density at radius 2 is 2.04 bits per heavy atom. The quantitative estimate of drug-likeness (QED) is 0.597. The average Bonchev–Trinajstić information content (AvgIpc) is 3.08. The first-order chi connectivity index (χ1) is 13.4. The number of hydrogen-bond acceptors (Lipinski definition) is 6. The van der Waals surface area contributed by atoms with Crippen LogP contribution >= 0.6 is 27.7 Å². The standard InChI is InChI=1S/C19H17BrN4O3S/c1-12-9-16(23-27-12)22-17(25)11-24(2)19(26)14-5-3-4-6-15(14)28-18-8-7-13(20)10-21-18/h3-10H,11H2,1-2H3,(H,22,23,25). The summed E-state index contributed by atoms with van der Waals surface area (Å²) >= 11 is 4.75. The van der Waals surface area contributed by atoms with Crippen LogP contribution in [0, 0.1) is 6.92 Å². The minimum atomic E-state index is -0.358. The number of halogens is 1.